The molecule has 1 aromatic heterocycles. The van der Waals surface area contributed by atoms with Crippen LogP contribution in [0.3, 0.4) is 0 Å². The van der Waals surface area contributed by atoms with Crippen LogP contribution in [0, 0.1) is 0 Å². The van der Waals surface area contributed by atoms with Crippen molar-refractivity contribution in [2.24, 2.45) is 0 Å². The number of halogens is 1. The largest absolute Gasteiger partial charge is 0.428 e. The number of hydrogen-bond acceptors (Lipinski definition) is 5. The second kappa shape index (κ2) is 5.48. The molecule has 0 radical (unpaired) electrons. The third-order valence-electron chi connectivity index (χ3n) is 3.12. The van der Waals surface area contributed by atoms with Crippen LogP contribution in [0.4, 0.5) is 0 Å². The van der Waals surface area contributed by atoms with Gasteiger partial charge in [0.1, 0.15) is 5.52 Å². The van der Waals surface area contributed by atoms with E-state index in [0.717, 1.165) is 19.4 Å². The van der Waals surface area contributed by atoms with Crippen LogP contribution in [0.25, 0.3) is 11.1 Å². The van der Waals surface area contributed by atoms with Gasteiger partial charge in [0.25, 0.3) is 0 Å². The van der Waals surface area contributed by atoms with Gasteiger partial charge in [-0.3, -0.25) is 0 Å². The van der Waals surface area contributed by atoms with Crippen molar-refractivity contribution < 1.29 is 12.8 Å². The van der Waals surface area contributed by atoms with Gasteiger partial charge in [0.15, 0.2) is 5.58 Å². The van der Waals surface area contributed by atoms with Crippen molar-refractivity contribution in [2.75, 3.05) is 12.3 Å². The predicted octanol–water partition coefficient (Wildman–Crippen LogP) is 1.78. The highest BCUT2D eigenvalue weighted by molar-refractivity contribution is 7.91. The minimum absolute atomic E-state index is 0. The molecule has 7 heteroatoms. The number of nitrogens with zero attached hydrogens (tertiary/aromatic N) is 1. The topological polar surface area (TPSA) is 72.2 Å². The average Bonchev–Trinajstić information content (AvgIpc) is 2.96. The lowest BCUT2D eigenvalue weighted by atomic mass is 10.3. The van der Waals surface area contributed by atoms with Gasteiger partial charge in [-0.1, -0.05) is 12.1 Å². The maximum absolute atomic E-state index is 12.2. The van der Waals surface area contributed by atoms with E-state index in [-0.39, 0.29) is 29.4 Å². The molecule has 1 aliphatic heterocycles. The minimum Gasteiger partial charge on any atom is -0.428 e. The Labute approximate surface area is 117 Å². The van der Waals surface area contributed by atoms with Crippen molar-refractivity contribution in [1.82, 2.24) is 10.3 Å². The van der Waals surface area contributed by atoms with E-state index in [1.165, 1.54) is 0 Å². The quantitative estimate of drug-likeness (QED) is 0.935. The predicted molar refractivity (Wildman–Crippen MR) is 74.3 cm³/mol. The number of rotatable bonds is 3. The van der Waals surface area contributed by atoms with Crippen LogP contribution in [-0.4, -0.2) is 31.7 Å². The van der Waals surface area contributed by atoms with E-state index in [4.69, 9.17) is 4.42 Å². The monoisotopic (exact) mass is 302 g/mol. The molecule has 1 aliphatic rings. The van der Waals surface area contributed by atoms with E-state index in [9.17, 15) is 8.42 Å². The Hall–Kier alpha value is -1.11. The summed E-state index contributed by atoms with van der Waals surface area (Å²) in [4.78, 5) is 4.04. The van der Waals surface area contributed by atoms with Gasteiger partial charge in [0, 0.05) is 6.04 Å². The molecule has 0 aliphatic carbocycles. The first-order valence-electron chi connectivity index (χ1n) is 5.97. The standard InChI is InChI=1S/C12H14N2O3S.ClH/c15-18(16,8-9-4-3-7-13-9)12-14-10-5-1-2-6-11(10)17-12;/h1-2,5-6,9,13H,3-4,7-8H2;1H. The summed E-state index contributed by atoms with van der Waals surface area (Å²) in [6.45, 7) is 0.883. The summed E-state index contributed by atoms with van der Waals surface area (Å²) in [6.07, 6.45) is 1.91. The Kier molecular flexibility index (Phi) is 4.13. The molecule has 0 amide bonds. The first kappa shape index (κ1) is 14.3. The van der Waals surface area contributed by atoms with Crippen LogP contribution >= 0.6 is 12.4 Å². The summed E-state index contributed by atoms with van der Waals surface area (Å²) < 4.78 is 29.6. The van der Waals surface area contributed by atoms with Gasteiger partial charge >= 0.3 is 5.22 Å². The van der Waals surface area contributed by atoms with Crippen molar-refractivity contribution in [2.45, 2.75) is 24.1 Å². The van der Waals surface area contributed by atoms with Crippen LogP contribution < -0.4 is 5.32 Å². The van der Waals surface area contributed by atoms with Crippen LogP contribution in [0.15, 0.2) is 33.9 Å². The van der Waals surface area contributed by atoms with Gasteiger partial charge < -0.3 is 9.73 Å². The summed E-state index contributed by atoms with van der Waals surface area (Å²) in [6, 6.07) is 7.08. The summed E-state index contributed by atoms with van der Waals surface area (Å²) >= 11 is 0. The fraction of sp³-hybridized carbons (Fsp3) is 0.417. The highest BCUT2D eigenvalue weighted by Gasteiger charge is 2.27. The van der Waals surface area contributed by atoms with Crippen LogP contribution in [0.2, 0.25) is 0 Å². The molecular formula is C12H15ClN2O3S. The third kappa shape index (κ3) is 2.91. The van der Waals surface area contributed by atoms with Crippen molar-refractivity contribution in [3.8, 4) is 0 Å². The lowest BCUT2D eigenvalue weighted by molar-refractivity contribution is 0.455. The maximum atomic E-state index is 12.2. The zero-order valence-corrected chi connectivity index (χ0v) is 11.8. The molecule has 1 saturated heterocycles. The maximum Gasteiger partial charge on any atom is 0.316 e. The Morgan fingerprint density at radius 1 is 1.37 bits per heavy atom. The second-order valence-corrected chi connectivity index (χ2v) is 6.43. The molecule has 3 rings (SSSR count). The zero-order valence-electron chi connectivity index (χ0n) is 10.2. The number of para-hydroxylation sites is 2. The van der Waals surface area contributed by atoms with Crippen LogP contribution in [0.5, 0.6) is 0 Å². The molecule has 1 unspecified atom stereocenters. The lowest BCUT2D eigenvalue weighted by Gasteiger charge is -2.07. The van der Waals surface area contributed by atoms with Gasteiger partial charge in [0.2, 0.25) is 9.84 Å². The zero-order chi connectivity index (χ0) is 12.6. The first-order chi connectivity index (χ1) is 8.65. The summed E-state index contributed by atoms with van der Waals surface area (Å²) in [5.74, 6) is 0.0554. The SMILES string of the molecule is Cl.O=S(=O)(CC1CCCN1)c1nc2ccccc2o1. The number of benzene rings is 1. The summed E-state index contributed by atoms with van der Waals surface area (Å²) in [5.41, 5.74) is 1.09. The van der Waals surface area contributed by atoms with Crippen LogP contribution in [-0.2, 0) is 9.84 Å². The number of fused-ring (bicyclic) bond motifs is 1. The van der Waals surface area contributed by atoms with Gasteiger partial charge in [-0.05, 0) is 31.5 Å². The molecule has 1 aromatic carbocycles. The van der Waals surface area contributed by atoms with E-state index >= 15 is 0 Å². The molecule has 2 heterocycles. The average molecular weight is 303 g/mol. The van der Waals surface area contributed by atoms with Gasteiger partial charge in [-0.2, -0.15) is 4.98 Å². The molecule has 2 aromatic rings. The number of sulfone groups is 1. The normalized spacial score (nSPS) is 19.5. The summed E-state index contributed by atoms with van der Waals surface area (Å²) in [5, 5.41) is 3.00. The van der Waals surface area contributed by atoms with Gasteiger partial charge in [-0.15, -0.1) is 12.4 Å². The Balaban J connectivity index is 0.00000133. The van der Waals surface area contributed by atoms with E-state index in [1.54, 1.807) is 24.3 Å². The number of oxazole rings is 1. The number of aromatic nitrogens is 1. The van der Waals surface area contributed by atoms with Crippen molar-refractivity contribution in [3.63, 3.8) is 0 Å². The lowest BCUT2D eigenvalue weighted by Crippen LogP contribution is -2.30. The first-order valence-corrected chi connectivity index (χ1v) is 7.62. The molecule has 19 heavy (non-hydrogen) atoms. The molecule has 0 saturated carbocycles. The second-order valence-electron chi connectivity index (χ2n) is 4.52. The third-order valence-corrected chi connectivity index (χ3v) is 4.67. The van der Waals surface area contributed by atoms with Crippen molar-refractivity contribution in [3.05, 3.63) is 24.3 Å². The Morgan fingerprint density at radius 2 is 2.16 bits per heavy atom. The van der Waals surface area contributed by atoms with E-state index in [0.29, 0.717) is 11.1 Å². The Morgan fingerprint density at radius 3 is 2.84 bits per heavy atom. The van der Waals surface area contributed by atoms with Crippen molar-refractivity contribution in [1.29, 1.82) is 0 Å². The molecular weight excluding hydrogens is 288 g/mol. The molecule has 1 fully saturated rings. The number of nitrogens with one attached hydrogen (secondary N) is 1. The van der Waals surface area contributed by atoms with E-state index in [1.807, 2.05) is 0 Å². The molecule has 0 spiro atoms. The smallest absolute Gasteiger partial charge is 0.316 e. The van der Waals surface area contributed by atoms with Crippen molar-refractivity contribution >= 4 is 33.3 Å². The van der Waals surface area contributed by atoms with Crippen LogP contribution in [0.1, 0.15) is 12.8 Å². The highest BCUT2D eigenvalue weighted by atomic mass is 35.5. The Bertz CT molecular complexity index is 629. The molecule has 0 bridgehead atoms. The van der Waals surface area contributed by atoms with Gasteiger partial charge in [0.05, 0.1) is 5.75 Å². The fourth-order valence-electron chi connectivity index (χ4n) is 2.22. The minimum atomic E-state index is -3.45. The van der Waals surface area contributed by atoms with E-state index < -0.39 is 9.84 Å². The fourth-order valence-corrected chi connectivity index (χ4v) is 3.63. The van der Waals surface area contributed by atoms with E-state index in [2.05, 4.69) is 10.3 Å². The van der Waals surface area contributed by atoms with Gasteiger partial charge in [-0.25, -0.2) is 8.42 Å². The highest BCUT2D eigenvalue weighted by Crippen LogP contribution is 2.20. The number of hydrogen-bond donors (Lipinski definition) is 1. The summed E-state index contributed by atoms with van der Waals surface area (Å²) in [7, 11) is -3.45. The molecule has 5 nitrogen and oxygen atoms in total. The molecule has 1 N–H and O–H groups in total. The molecule has 1 atom stereocenters. The molecule has 104 valence electrons.